The van der Waals surface area contributed by atoms with Gasteiger partial charge in [0, 0.05) is 23.7 Å². The van der Waals surface area contributed by atoms with Gasteiger partial charge < -0.3 is 14.2 Å². The molecule has 1 saturated heterocycles. The van der Waals surface area contributed by atoms with Crippen molar-refractivity contribution in [3.8, 4) is 0 Å². The molecule has 1 fully saturated rings. The molecule has 1 unspecified atom stereocenters. The topological polar surface area (TPSA) is 81.5 Å². The van der Waals surface area contributed by atoms with Gasteiger partial charge in [0.25, 0.3) is 5.91 Å². The van der Waals surface area contributed by atoms with Gasteiger partial charge in [0.2, 0.25) is 15.0 Å². The van der Waals surface area contributed by atoms with E-state index in [-0.39, 0.29) is 40.8 Å². The van der Waals surface area contributed by atoms with E-state index in [4.69, 9.17) is 27.9 Å². The zero-order valence-corrected chi connectivity index (χ0v) is 22.0. The van der Waals surface area contributed by atoms with Gasteiger partial charge in [-0.2, -0.15) is 0 Å². The molecule has 0 bridgehead atoms. The first kappa shape index (κ1) is 26.6. The Balaban J connectivity index is 1.67. The van der Waals surface area contributed by atoms with Crippen LogP contribution in [0.2, 0.25) is 10.0 Å². The summed E-state index contributed by atoms with van der Waals surface area (Å²) in [7, 11) is -4.00. The number of benzene rings is 2. The summed E-state index contributed by atoms with van der Waals surface area (Å²) in [4.78, 5) is 19.0. The fraction of sp³-hybridized carbons (Fsp3) is 0.360. The van der Waals surface area contributed by atoms with E-state index in [1.54, 1.807) is 27.7 Å². The third-order valence-electron chi connectivity index (χ3n) is 6.08. The van der Waals surface area contributed by atoms with Crippen molar-refractivity contribution in [3.63, 3.8) is 0 Å². The Morgan fingerprint density at radius 1 is 1.25 bits per heavy atom. The van der Waals surface area contributed by atoms with Gasteiger partial charge in [0.15, 0.2) is 0 Å². The average Bonchev–Trinajstić information content (AvgIpc) is 3.49. The summed E-state index contributed by atoms with van der Waals surface area (Å²) in [6.45, 7) is 3.12. The van der Waals surface area contributed by atoms with Crippen molar-refractivity contribution in [3.05, 3.63) is 81.3 Å². The highest BCUT2D eigenvalue weighted by Crippen LogP contribution is 2.26. The van der Waals surface area contributed by atoms with Crippen molar-refractivity contribution in [1.29, 1.82) is 0 Å². The SMILES string of the molecule is CCN(Cc1cnc(S(=O)(=O)Cc2ccccc2F)n1CC1CCCO1)C(=O)c1ccc(Cl)cc1Cl. The van der Waals surface area contributed by atoms with E-state index < -0.39 is 21.4 Å². The highest BCUT2D eigenvalue weighted by molar-refractivity contribution is 7.90. The summed E-state index contributed by atoms with van der Waals surface area (Å²) >= 11 is 12.2. The third-order valence-corrected chi connectivity index (χ3v) is 8.20. The van der Waals surface area contributed by atoms with Gasteiger partial charge in [0.1, 0.15) is 5.82 Å². The smallest absolute Gasteiger partial charge is 0.255 e. The predicted octanol–water partition coefficient (Wildman–Crippen LogP) is 5.14. The maximum Gasteiger partial charge on any atom is 0.255 e. The molecule has 36 heavy (non-hydrogen) atoms. The Hall–Kier alpha value is -2.46. The van der Waals surface area contributed by atoms with E-state index in [1.807, 2.05) is 6.92 Å². The van der Waals surface area contributed by atoms with Crippen LogP contribution in [0.4, 0.5) is 4.39 Å². The molecule has 2 heterocycles. The molecule has 0 N–H and O–H groups in total. The molecule has 0 aliphatic carbocycles. The molecule has 1 aliphatic rings. The van der Waals surface area contributed by atoms with Crippen LogP contribution in [-0.2, 0) is 33.4 Å². The van der Waals surface area contributed by atoms with Gasteiger partial charge in [0.05, 0.1) is 47.4 Å². The van der Waals surface area contributed by atoms with Crippen LogP contribution in [0.25, 0.3) is 0 Å². The van der Waals surface area contributed by atoms with Crippen molar-refractivity contribution in [2.45, 2.75) is 49.9 Å². The van der Waals surface area contributed by atoms with Gasteiger partial charge in [-0.3, -0.25) is 4.79 Å². The van der Waals surface area contributed by atoms with Crippen molar-refractivity contribution in [1.82, 2.24) is 14.5 Å². The lowest BCUT2D eigenvalue weighted by Gasteiger charge is -2.23. The summed E-state index contributed by atoms with van der Waals surface area (Å²) in [6, 6.07) is 10.4. The minimum atomic E-state index is -4.00. The van der Waals surface area contributed by atoms with E-state index in [2.05, 4.69) is 4.98 Å². The average molecular weight is 554 g/mol. The Morgan fingerprint density at radius 3 is 2.69 bits per heavy atom. The summed E-state index contributed by atoms with van der Waals surface area (Å²) in [6.07, 6.45) is 2.92. The summed E-state index contributed by atoms with van der Waals surface area (Å²) < 4.78 is 48.2. The first-order chi connectivity index (χ1) is 17.2. The standard InChI is InChI=1S/C25H26Cl2FN3O4S/c1-2-30(24(32)21-10-9-18(26)12-22(21)27)14-19-13-29-25(31(19)15-20-7-5-11-35-20)36(33,34)16-17-6-3-4-8-23(17)28/h3-4,6,8-10,12-13,20H,2,5,7,11,14-16H2,1H3. The number of rotatable bonds is 9. The van der Waals surface area contributed by atoms with Crippen LogP contribution >= 0.6 is 23.2 Å². The Labute approximate surface area is 219 Å². The second-order valence-corrected chi connectivity index (χ2v) is 11.3. The predicted molar refractivity (Wildman–Crippen MR) is 135 cm³/mol. The van der Waals surface area contributed by atoms with Crippen LogP contribution in [0.1, 0.15) is 41.4 Å². The molecule has 2 aromatic carbocycles. The Kier molecular flexibility index (Phi) is 8.34. The van der Waals surface area contributed by atoms with Gasteiger partial charge in [-0.25, -0.2) is 17.8 Å². The molecular formula is C25H26Cl2FN3O4S. The van der Waals surface area contributed by atoms with Gasteiger partial charge in [-0.05, 0) is 44.0 Å². The molecule has 11 heteroatoms. The zero-order chi connectivity index (χ0) is 25.9. The van der Waals surface area contributed by atoms with E-state index in [9.17, 15) is 17.6 Å². The number of ether oxygens (including phenoxy) is 1. The normalized spacial score (nSPS) is 15.8. The Morgan fingerprint density at radius 2 is 2.03 bits per heavy atom. The molecule has 3 aromatic rings. The van der Waals surface area contributed by atoms with Crippen molar-refractivity contribution in [2.24, 2.45) is 0 Å². The number of nitrogens with zero attached hydrogens (tertiary/aromatic N) is 3. The summed E-state index contributed by atoms with van der Waals surface area (Å²) in [5, 5.41) is 0.468. The maximum atomic E-state index is 14.2. The molecule has 1 aliphatic heterocycles. The first-order valence-electron chi connectivity index (χ1n) is 11.6. The molecular weight excluding hydrogens is 528 g/mol. The second kappa shape index (κ2) is 11.3. The minimum absolute atomic E-state index is 0.0634. The van der Waals surface area contributed by atoms with E-state index in [0.29, 0.717) is 29.4 Å². The van der Waals surface area contributed by atoms with Crippen LogP contribution in [0.3, 0.4) is 0 Å². The molecule has 1 atom stereocenters. The molecule has 192 valence electrons. The van der Waals surface area contributed by atoms with Crippen LogP contribution in [-0.4, -0.2) is 48.0 Å². The number of aromatic nitrogens is 2. The van der Waals surface area contributed by atoms with E-state index >= 15 is 0 Å². The minimum Gasteiger partial charge on any atom is -0.376 e. The van der Waals surface area contributed by atoms with E-state index in [0.717, 1.165) is 12.8 Å². The van der Waals surface area contributed by atoms with Crippen LogP contribution < -0.4 is 0 Å². The van der Waals surface area contributed by atoms with Crippen molar-refractivity contribution < 1.29 is 22.3 Å². The quantitative estimate of drug-likeness (QED) is 0.366. The van der Waals surface area contributed by atoms with Crippen molar-refractivity contribution >= 4 is 38.9 Å². The summed E-state index contributed by atoms with van der Waals surface area (Å²) in [5.74, 6) is -1.45. The van der Waals surface area contributed by atoms with Crippen molar-refractivity contribution in [2.75, 3.05) is 13.2 Å². The molecule has 0 spiro atoms. The number of carbonyl (C=O) groups is 1. The number of hydrogen-bond donors (Lipinski definition) is 0. The number of halogens is 3. The molecule has 4 rings (SSSR count). The number of hydrogen-bond acceptors (Lipinski definition) is 5. The fourth-order valence-corrected chi connectivity index (χ4v) is 6.20. The van der Waals surface area contributed by atoms with Gasteiger partial charge >= 0.3 is 0 Å². The fourth-order valence-electron chi connectivity index (χ4n) is 4.19. The lowest BCUT2D eigenvalue weighted by molar-refractivity contribution is 0.0741. The maximum absolute atomic E-state index is 14.2. The number of carbonyl (C=O) groups excluding carboxylic acids is 1. The second-order valence-electron chi connectivity index (χ2n) is 8.57. The molecule has 0 saturated carbocycles. The summed E-state index contributed by atoms with van der Waals surface area (Å²) in [5.41, 5.74) is 0.881. The van der Waals surface area contributed by atoms with Crippen LogP contribution in [0.5, 0.6) is 0 Å². The number of imidazole rings is 1. The highest BCUT2D eigenvalue weighted by Gasteiger charge is 2.29. The first-order valence-corrected chi connectivity index (χ1v) is 14.0. The van der Waals surface area contributed by atoms with Crippen LogP contribution in [0.15, 0.2) is 53.8 Å². The molecule has 1 amide bonds. The number of sulfone groups is 1. The van der Waals surface area contributed by atoms with Crippen LogP contribution in [0, 0.1) is 5.82 Å². The lowest BCUT2D eigenvalue weighted by atomic mass is 10.2. The zero-order valence-electron chi connectivity index (χ0n) is 19.7. The largest absolute Gasteiger partial charge is 0.376 e. The Bertz CT molecular complexity index is 1360. The third kappa shape index (κ3) is 5.91. The molecule has 7 nitrogen and oxygen atoms in total. The molecule has 1 aromatic heterocycles. The van der Waals surface area contributed by atoms with Gasteiger partial charge in [-0.15, -0.1) is 0 Å². The monoisotopic (exact) mass is 553 g/mol. The highest BCUT2D eigenvalue weighted by atomic mass is 35.5. The van der Waals surface area contributed by atoms with Gasteiger partial charge in [-0.1, -0.05) is 41.4 Å². The van der Waals surface area contributed by atoms with E-state index in [1.165, 1.54) is 30.5 Å². The number of amides is 1. The lowest BCUT2D eigenvalue weighted by Crippen LogP contribution is -2.32. The molecule has 0 radical (unpaired) electrons.